The molecule has 0 saturated heterocycles. The second kappa shape index (κ2) is 5.80. The van der Waals surface area contributed by atoms with E-state index in [-0.39, 0.29) is 0 Å². The summed E-state index contributed by atoms with van der Waals surface area (Å²) in [5.41, 5.74) is 12.3. The monoisotopic (exact) mass is 267 g/mol. The maximum atomic E-state index is 6.40. The van der Waals surface area contributed by atoms with Gasteiger partial charge in [0.25, 0.3) is 0 Å². The molecular weight excluding hydrogens is 246 g/mol. The van der Waals surface area contributed by atoms with E-state index in [2.05, 4.69) is 13.0 Å². The number of hydrazine groups is 1. The summed E-state index contributed by atoms with van der Waals surface area (Å²) in [7, 11) is 1.81. The second-order valence-electron chi connectivity index (χ2n) is 5.00. The Morgan fingerprint density at radius 3 is 1.75 bits per heavy atom. The van der Waals surface area contributed by atoms with Crippen molar-refractivity contribution in [3.05, 3.63) is 70.8 Å². The molecule has 0 aliphatic heterocycles. The van der Waals surface area contributed by atoms with Crippen LogP contribution >= 0.6 is 0 Å². The van der Waals surface area contributed by atoms with E-state index in [4.69, 9.17) is 11.6 Å². The number of benzene rings is 2. The first kappa shape index (κ1) is 14.2. The van der Waals surface area contributed by atoms with Gasteiger partial charge in [0.15, 0.2) is 0 Å². The quantitative estimate of drug-likeness (QED) is 0.511. The molecule has 0 saturated carbocycles. The summed E-state index contributed by atoms with van der Waals surface area (Å²) >= 11 is 0. The van der Waals surface area contributed by atoms with Gasteiger partial charge in [0.2, 0.25) is 0 Å². The zero-order valence-corrected chi connectivity index (χ0v) is 12.2. The largest absolute Gasteiger partial charge is 0.396 e. The van der Waals surface area contributed by atoms with E-state index in [9.17, 15) is 0 Å². The molecule has 2 aromatic carbocycles. The summed E-state index contributed by atoms with van der Waals surface area (Å²) < 4.78 is 0. The van der Waals surface area contributed by atoms with Crippen LogP contribution in [0.2, 0.25) is 0 Å². The normalized spacial score (nSPS) is 12.0. The topological polar surface area (TPSA) is 55.3 Å². The Kier molecular flexibility index (Phi) is 4.11. The van der Waals surface area contributed by atoms with Crippen LogP contribution < -0.4 is 11.6 Å². The smallest absolute Gasteiger partial charge is 0.0825 e. The minimum absolute atomic E-state index is 0.697. The van der Waals surface area contributed by atoms with Crippen LogP contribution in [0.25, 0.3) is 11.4 Å². The van der Waals surface area contributed by atoms with Gasteiger partial charge in [-0.15, -0.1) is 0 Å². The van der Waals surface area contributed by atoms with Crippen LogP contribution in [0.4, 0.5) is 0 Å². The number of rotatable bonds is 3. The molecule has 0 unspecified atom stereocenters. The average molecular weight is 267 g/mol. The molecule has 0 bridgehead atoms. The van der Waals surface area contributed by atoms with Gasteiger partial charge in [-0.2, -0.15) is 0 Å². The predicted octanol–water partition coefficient (Wildman–Crippen LogP) is 2.89. The molecule has 0 heterocycles. The first-order chi connectivity index (χ1) is 9.52. The van der Waals surface area contributed by atoms with Crippen molar-refractivity contribution < 1.29 is 0 Å². The summed E-state index contributed by atoms with van der Waals surface area (Å²) in [6.45, 7) is 4.11. The number of aryl methyl sites for hydroxylation is 2. The van der Waals surface area contributed by atoms with Gasteiger partial charge < -0.3 is 10.7 Å². The molecule has 0 spiro atoms. The molecule has 3 nitrogen and oxygen atoms in total. The highest BCUT2D eigenvalue weighted by Crippen LogP contribution is 2.27. The standard InChI is InChI=1S/C17H21N3/c1-12-8-4-6-10-14(12)16(18)17(20(3)19)15-11-7-5-9-13(15)2/h4-11H,18-19H2,1-3H3/b17-16-. The Bertz CT molecular complexity index is 642. The van der Waals surface area contributed by atoms with Gasteiger partial charge >= 0.3 is 0 Å². The average Bonchev–Trinajstić information content (AvgIpc) is 2.41. The van der Waals surface area contributed by atoms with E-state index in [0.717, 1.165) is 28.0 Å². The van der Waals surface area contributed by atoms with Gasteiger partial charge in [0.05, 0.1) is 11.4 Å². The highest BCUT2D eigenvalue weighted by molar-refractivity contribution is 5.89. The van der Waals surface area contributed by atoms with Gasteiger partial charge in [0.1, 0.15) is 0 Å². The van der Waals surface area contributed by atoms with Gasteiger partial charge in [0, 0.05) is 18.2 Å². The van der Waals surface area contributed by atoms with Gasteiger partial charge in [-0.25, -0.2) is 5.84 Å². The lowest BCUT2D eigenvalue weighted by Gasteiger charge is -2.22. The van der Waals surface area contributed by atoms with Crippen molar-refractivity contribution in [2.24, 2.45) is 11.6 Å². The Morgan fingerprint density at radius 2 is 1.30 bits per heavy atom. The van der Waals surface area contributed by atoms with Crippen molar-refractivity contribution in [2.45, 2.75) is 13.8 Å². The molecule has 0 aromatic heterocycles. The van der Waals surface area contributed by atoms with Crippen molar-refractivity contribution in [2.75, 3.05) is 7.05 Å². The summed E-state index contributed by atoms with van der Waals surface area (Å²) in [6, 6.07) is 16.2. The molecule has 0 amide bonds. The van der Waals surface area contributed by atoms with Crippen LogP contribution in [-0.2, 0) is 0 Å². The molecule has 0 atom stereocenters. The lowest BCUT2D eigenvalue weighted by atomic mass is 9.99. The maximum absolute atomic E-state index is 6.40. The summed E-state index contributed by atoms with van der Waals surface area (Å²) in [5.74, 6) is 6.02. The molecule has 0 aliphatic carbocycles. The van der Waals surface area contributed by atoms with Gasteiger partial charge in [-0.05, 0) is 25.0 Å². The molecule has 0 fully saturated rings. The maximum Gasteiger partial charge on any atom is 0.0825 e. The Morgan fingerprint density at radius 1 is 0.850 bits per heavy atom. The molecule has 4 N–H and O–H groups in total. The number of nitrogens with two attached hydrogens (primary N) is 2. The van der Waals surface area contributed by atoms with E-state index in [1.165, 1.54) is 0 Å². The fourth-order valence-corrected chi connectivity index (χ4v) is 2.37. The molecule has 0 radical (unpaired) electrons. The SMILES string of the molecule is Cc1ccccc1/C(N)=C(\c1ccccc1C)N(C)N. The zero-order chi connectivity index (χ0) is 14.7. The molecule has 0 aliphatic rings. The number of nitrogens with zero attached hydrogens (tertiary/aromatic N) is 1. The van der Waals surface area contributed by atoms with Crippen LogP contribution in [0, 0.1) is 13.8 Å². The molecule has 2 rings (SSSR count). The minimum Gasteiger partial charge on any atom is -0.396 e. The van der Waals surface area contributed by atoms with Crippen LogP contribution in [0.15, 0.2) is 48.5 Å². The van der Waals surface area contributed by atoms with Crippen molar-refractivity contribution >= 4 is 11.4 Å². The molecule has 20 heavy (non-hydrogen) atoms. The Hall–Kier alpha value is -2.26. The van der Waals surface area contributed by atoms with E-state index >= 15 is 0 Å². The van der Waals surface area contributed by atoms with E-state index in [0.29, 0.717) is 5.70 Å². The first-order valence-electron chi connectivity index (χ1n) is 6.62. The number of hydrogen-bond acceptors (Lipinski definition) is 3. The fraction of sp³-hybridized carbons (Fsp3) is 0.176. The lowest BCUT2D eigenvalue weighted by Crippen LogP contribution is -2.27. The van der Waals surface area contributed by atoms with Gasteiger partial charge in [-0.1, -0.05) is 48.5 Å². The number of hydrogen-bond donors (Lipinski definition) is 2. The molecule has 2 aromatic rings. The summed E-state index contributed by atoms with van der Waals surface area (Å²) in [6.07, 6.45) is 0. The summed E-state index contributed by atoms with van der Waals surface area (Å²) in [5, 5.41) is 1.59. The zero-order valence-electron chi connectivity index (χ0n) is 12.2. The molecule has 104 valence electrons. The summed E-state index contributed by atoms with van der Waals surface area (Å²) in [4.78, 5) is 0. The third-order valence-electron chi connectivity index (χ3n) is 3.44. The molecule has 3 heteroatoms. The predicted molar refractivity (Wildman–Crippen MR) is 85.3 cm³/mol. The van der Waals surface area contributed by atoms with Crippen LogP contribution in [0.1, 0.15) is 22.3 Å². The Balaban J connectivity index is 2.67. The van der Waals surface area contributed by atoms with Crippen LogP contribution in [0.3, 0.4) is 0 Å². The highest BCUT2D eigenvalue weighted by Gasteiger charge is 2.14. The lowest BCUT2D eigenvalue weighted by molar-refractivity contribution is 0.511. The van der Waals surface area contributed by atoms with Crippen molar-refractivity contribution in [3.63, 3.8) is 0 Å². The van der Waals surface area contributed by atoms with Crippen molar-refractivity contribution in [1.29, 1.82) is 0 Å². The van der Waals surface area contributed by atoms with E-state index in [1.54, 1.807) is 5.01 Å². The van der Waals surface area contributed by atoms with E-state index in [1.807, 2.05) is 56.4 Å². The third-order valence-corrected chi connectivity index (χ3v) is 3.44. The Labute approximate surface area is 120 Å². The van der Waals surface area contributed by atoms with Crippen molar-refractivity contribution in [1.82, 2.24) is 5.01 Å². The van der Waals surface area contributed by atoms with E-state index < -0.39 is 0 Å². The van der Waals surface area contributed by atoms with Gasteiger partial charge in [-0.3, -0.25) is 0 Å². The second-order valence-corrected chi connectivity index (χ2v) is 5.00. The highest BCUT2D eigenvalue weighted by atomic mass is 15.4. The first-order valence-corrected chi connectivity index (χ1v) is 6.62. The van der Waals surface area contributed by atoms with Crippen molar-refractivity contribution in [3.8, 4) is 0 Å². The van der Waals surface area contributed by atoms with Crippen LogP contribution in [0.5, 0.6) is 0 Å². The van der Waals surface area contributed by atoms with Crippen LogP contribution in [-0.4, -0.2) is 12.1 Å². The third kappa shape index (κ3) is 2.68. The fourth-order valence-electron chi connectivity index (χ4n) is 2.37. The molecular formula is C17H21N3. The minimum atomic E-state index is 0.697.